The van der Waals surface area contributed by atoms with Crippen LogP contribution in [-0.4, -0.2) is 62.0 Å². The molecule has 3 aliphatic rings. The first-order valence-electron chi connectivity index (χ1n) is 11.5. The molecule has 1 saturated heterocycles. The molecule has 3 aromatic rings. The molecule has 3 aromatic heterocycles. The van der Waals surface area contributed by atoms with Crippen molar-refractivity contribution in [3.8, 4) is 5.75 Å². The van der Waals surface area contributed by atoms with E-state index in [1.165, 1.54) is 17.2 Å². The molecular formula is C23H27ClN6O3S. The molecule has 0 amide bonds. The first kappa shape index (κ1) is 23.3. The molecule has 34 heavy (non-hydrogen) atoms. The number of nitrogens with one attached hydrogen (secondary N) is 1. The Kier molecular flexibility index (Phi) is 6.65. The van der Waals surface area contributed by atoms with E-state index in [-0.39, 0.29) is 29.6 Å². The van der Waals surface area contributed by atoms with Crippen molar-refractivity contribution in [2.24, 2.45) is 0 Å². The van der Waals surface area contributed by atoms with Crippen molar-refractivity contribution >= 4 is 35.3 Å². The van der Waals surface area contributed by atoms with E-state index in [0.29, 0.717) is 23.8 Å². The molecule has 0 aromatic carbocycles. The highest BCUT2D eigenvalue weighted by atomic mass is 35.5. The summed E-state index contributed by atoms with van der Waals surface area (Å²) in [6.07, 6.45) is 5.29. The molecule has 1 atom stereocenters. The van der Waals surface area contributed by atoms with Crippen molar-refractivity contribution in [2.45, 2.75) is 42.9 Å². The quantitative estimate of drug-likeness (QED) is 0.563. The molecule has 9 nitrogen and oxygen atoms in total. The van der Waals surface area contributed by atoms with Gasteiger partial charge in [-0.3, -0.25) is 23.7 Å². The Morgan fingerprint density at radius 3 is 2.82 bits per heavy atom. The number of piperidine rings is 1. The molecule has 0 bridgehead atoms. The van der Waals surface area contributed by atoms with E-state index in [1.54, 1.807) is 15.2 Å². The van der Waals surface area contributed by atoms with Crippen LogP contribution in [0.25, 0.3) is 11.2 Å². The van der Waals surface area contributed by atoms with Gasteiger partial charge in [-0.05, 0) is 38.1 Å². The first-order chi connectivity index (χ1) is 16.2. The molecule has 180 valence electrons. The number of hydrogen-bond donors (Lipinski definition) is 1. The van der Waals surface area contributed by atoms with Gasteiger partial charge in [-0.2, -0.15) is 0 Å². The highest BCUT2D eigenvalue weighted by Crippen LogP contribution is 2.32. The van der Waals surface area contributed by atoms with Gasteiger partial charge in [0.2, 0.25) is 0 Å². The number of thioether (sulfide) groups is 1. The van der Waals surface area contributed by atoms with Crippen molar-refractivity contribution in [3.05, 3.63) is 57.0 Å². The maximum absolute atomic E-state index is 12.6. The lowest BCUT2D eigenvalue weighted by Gasteiger charge is -2.34. The maximum Gasteiger partial charge on any atom is 0.270 e. The van der Waals surface area contributed by atoms with Gasteiger partial charge in [0.05, 0.1) is 35.6 Å². The normalized spacial score (nSPS) is 20.1. The van der Waals surface area contributed by atoms with Gasteiger partial charge in [-0.1, -0.05) is 0 Å². The van der Waals surface area contributed by atoms with Crippen LogP contribution >= 0.6 is 24.2 Å². The Labute approximate surface area is 206 Å². The molecule has 11 heteroatoms. The Balaban J connectivity index is 0.00000241. The lowest BCUT2D eigenvalue weighted by atomic mass is 10.0. The number of likely N-dealkylation sites (tertiary alicyclic amines) is 1. The Morgan fingerprint density at radius 2 is 1.97 bits per heavy atom. The predicted molar refractivity (Wildman–Crippen MR) is 133 cm³/mol. The molecule has 6 rings (SSSR count). The fourth-order valence-corrected chi connectivity index (χ4v) is 5.98. The van der Waals surface area contributed by atoms with Crippen LogP contribution in [0.1, 0.15) is 24.6 Å². The SMILES string of the molecule is Cl.O=c1ccc2ncc(=O)n3c2n1CC3CN1CCC(NCc2cc3c(cn2)OCCS3)CC1. The van der Waals surface area contributed by atoms with Gasteiger partial charge < -0.3 is 15.0 Å². The summed E-state index contributed by atoms with van der Waals surface area (Å²) in [5.41, 5.74) is 2.18. The third-order valence-corrected chi connectivity index (χ3v) is 7.79. The zero-order valence-electron chi connectivity index (χ0n) is 18.7. The van der Waals surface area contributed by atoms with Crippen LogP contribution in [0.4, 0.5) is 0 Å². The molecule has 6 heterocycles. The molecule has 0 radical (unpaired) electrons. The fourth-order valence-electron chi connectivity index (χ4n) is 5.12. The summed E-state index contributed by atoms with van der Waals surface area (Å²) >= 11 is 1.83. The second kappa shape index (κ2) is 9.69. The smallest absolute Gasteiger partial charge is 0.270 e. The van der Waals surface area contributed by atoms with Gasteiger partial charge in [-0.25, -0.2) is 4.98 Å². The Morgan fingerprint density at radius 1 is 1.12 bits per heavy atom. The van der Waals surface area contributed by atoms with Crippen LogP contribution < -0.4 is 21.2 Å². The number of halogens is 1. The molecule has 0 spiro atoms. The van der Waals surface area contributed by atoms with Crippen molar-refractivity contribution in [1.82, 2.24) is 29.3 Å². The lowest BCUT2D eigenvalue weighted by Crippen LogP contribution is -2.44. The molecule has 1 N–H and O–H groups in total. The first-order valence-corrected chi connectivity index (χ1v) is 12.5. The number of pyridine rings is 2. The van der Waals surface area contributed by atoms with Crippen molar-refractivity contribution in [2.75, 3.05) is 32.0 Å². The summed E-state index contributed by atoms with van der Waals surface area (Å²) in [4.78, 5) is 37.2. The third-order valence-electron chi connectivity index (χ3n) is 6.79. The van der Waals surface area contributed by atoms with E-state index in [0.717, 1.165) is 62.8 Å². The number of fused-ring (bicyclic) bond motifs is 1. The second-order valence-corrected chi connectivity index (χ2v) is 10.0. The number of hydrogen-bond acceptors (Lipinski definition) is 8. The van der Waals surface area contributed by atoms with E-state index in [9.17, 15) is 9.59 Å². The third kappa shape index (κ3) is 4.35. The van der Waals surface area contributed by atoms with Gasteiger partial charge in [0.1, 0.15) is 11.2 Å². The summed E-state index contributed by atoms with van der Waals surface area (Å²) in [5.74, 6) is 1.88. The van der Waals surface area contributed by atoms with E-state index < -0.39 is 0 Å². The van der Waals surface area contributed by atoms with Crippen molar-refractivity contribution < 1.29 is 4.74 Å². The van der Waals surface area contributed by atoms with Crippen LogP contribution in [0.15, 0.2) is 45.1 Å². The summed E-state index contributed by atoms with van der Waals surface area (Å²) in [6.45, 7) is 4.72. The average molecular weight is 503 g/mol. The van der Waals surface area contributed by atoms with E-state index in [4.69, 9.17) is 4.74 Å². The summed E-state index contributed by atoms with van der Waals surface area (Å²) in [7, 11) is 0. The molecule has 0 aliphatic carbocycles. The van der Waals surface area contributed by atoms with Crippen molar-refractivity contribution in [1.29, 1.82) is 0 Å². The zero-order chi connectivity index (χ0) is 22.4. The Hall–Kier alpha value is -2.40. The predicted octanol–water partition coefficient (Wildman–Crippen LogP) is 1.67. The largest absolute Gasteiger partial charge is 0.490 e. The van der Waals surface area contributed by atoms with E-state index in [2.05, 4.69) is 26.3 Å². The van der Waals surface area contributed by atoms with Crippen LogP contribution in [-0.2, 0) is 13.1 Å². The molecule has 1 unspecified atom stereocenters. The highest BCUT2D eigenvalue weighted by Gasteiger charge is 2.29. The average Bonchev–Trinajstić information content (AvgIpc) is 3.23. The molecular weight excluding hydrogens is 476 g/mol. The number of aromatic nitrogens is 4. The minimum atomic E-state index is -0.137. The van der Waals surface area contributed by atoms with Gasteiger partial charge in [0, 0.05) is 37.5 Å². The van der Waals surface area contributed by atoms with E-state index in [1.807, 2.05) is 18.0 Å². The molecule has 3 aliphatic heterocycles. The van der Waals surface area contributed by atoms with Crippen LogP contribution in [0.3, 0.4) is 0 Å². The standard InChI is InChI=1S/C23H26N6O3S.ClH/c30-21-2-1-18-23-28(21)14-17(29(23)22(31)12-26-18)13-27-5-3-15(4-6-27)24-10-16-9-20-19(11-25-16)32-7-8-33-20;/h1-2,9,11-12,15,17,24H,3-8,10,13-14H2;1H. The number of rotatable bonds is 5. The molecule has 0 saturated carbocycles. The van der Waals surface area contributed by atoms with Gasteiger partial charge in [0.25, 0.3) is 11.1 Å². The van der Waals surface area contributed by atoms with Gasteiger partial charge in [0.15, 0.2) is 5.75 Å². The maximum atomic E-state index is 12.6. The van der Waals surface area contributed by atoms with Gasteiger partial charge >= 0.3 is 0 Å². The second-order valence-electron chi connectivity index (χ2n) is 8.89. The highest BCUT2D eigenvalue weighted by molar-refractivity contribution is 7.99. The monoisotopic (exact) mass is 502 g/mol. The van der Waals surface area contributed by atoms with Crippen LogP contribution in [0, 0.1) is 0 Å². The fraction of sp³-hybridized carbons (Fsp3) is 0.478. The number of nitrogens with zero attached hydrogens (tertiary/aromatic N) is 5. The molecule has 1 fully saturated rings. The lowest BCUT2D eigenvalue weighted by molar-refractivity contribution is 0.171. The van der Waals surface area contributed by atoms with Crippen LogP contribution in [0.2, 0.25) is 0 Å². The van der Waals surface area contributed by atoms with Gasteiger partial charge in [-0.15, -0.1) is 24.2 Å². The van der Waals surface area contributed by atoms with Crippen molar-refractivity contribution in [3.63, 3.8) is 0 Å². The minimum Gasteiger partial charge on any atom is -0.490 e. The van der Waals surface area contributed by atoms with Crippen LogP contribution in [0.5, 0.6) is 5.75 Å². The topological polar surface area (TPSA) is 94.3 Å². The minimum absolute atomic E-state index is 0. The Bertz CT molecular complexity index is 1320. The summed E-state index contributed by atoms with van der Waals surface area (Å²) < 4.78 is 9.09. The zero-order valence-corrected chi connectivity index (χ0v) is 20.3. The van der Waals surface area contributed by atoms with E-state index >= 15 is 0 Å². The number of ether oxygens (including phenoxy) is 1. The summed E-state index contributed by atoms with van der Waals surface area (Å²) in [5, 5.41) is 3.66. The summed E-state index contributed by atoms with van der Waals surface area (Å²) in [6, 6.07) is 5.78.